The lowest BCUT2D eigenvalue weighted by Crippen LogP contribution is -2.25. The van der Waals surface area contributed by atoms with Crippen LogP contribution in [0.3, 0.4) is 0 Å². The smallest absolute Gasteiger partial charge is 0.267 e. The first-order chi connectivity index (χ1) is 12.1. The number of nitrogens with one attached hydrogen (secondary N) is 2. The number of carbonyl (C=O) groups is 2. The first kappa shape index (κ1) is 18.4. The van der Waals surface area contributed by atoms with E-state index >= 15 is 0 Å². The van der Waals surface area contributed by atoms with Crippen LogP contribution in [-0.4, -0.2) is 34.9 Å². The van der Waals surface area contributed by atoms with E-state index in [-0.39, 0.29) is 11.6 Å². The van der Waals surface area contributed by atoms with Crippen molar-refractivity contribution in [3.05, 3.63) is 60.3 Å². The van der Waals surface area contributed by atoms with E-state index in [1.807, 2.05) is 30.3 Å². The molecule has 2 rings (SSSR count). The molecule has 0 aliphatic carbocycles. The molecule has 7 nitrogen and oxygen atoms in total. The van der Waals surface area contributed by atoms with Crippen LogP contribution >= 0.6 is 0 Å². The SMILES string of the molecule is NC(=O)c1ccnc(NCCCCNC(=O)[CH]Cc2ccccc2)n1. The van der Waals surface area contributed by atoms with Crippen molar-refractivity contribution >= 4 is 17.8 Å². The van der Waals surface area contributed by atoms with Gasteiger partial charge in [0, 0.05) is 19.3 Å². The van der Waals surface area contributed by atoms with Crippen LogP contribution in [-0.2, 0) is 11.2 Å². The number of hydrogen-bond acceptors (Lipinski definition) is 5. The van der Waals surface area contributed by atoms with Gasteiger partial charge < -0.3 is 16.4 Å². The summed E-state index contributed by atoms with van der Waals surface area (Å²) < 4.78 is 0. The molecular formula is C18H22N5O2. The molecule has 1 aromatic carbocycles. The Labute approximate surface area is 147 Å². The standard InChI is InChI=1S/C18H22N5O2/c19-17(25)15-10-13-22-18(23-15)21-12-5-4-11-20-16(24)9-8-14-6-2-1-3-7-14/h1-3,6-7,9-10,13H,4-5,8,11-12H2,(H2,19,25)(H,20,24)(H,21,22,23). The summed E-state index contributed by atoms with van der Waals surface area (Å²) in [6, 6.07) is 11.3. The monoisotopic (exact) mass is 340 g/mol. The molecule has 1 heterocycles. The normalized spacial score (nSPS) is 10.2. The lowest BCUT2D eigenvalue weighted by molar-refractivity contribution is -0.117. The number of nitrogens with zero attached hydrogens (tertiary/aromatic N) is 2. The van der Waals surface area contributed by atoms with Gasteiger partial charge in [0.05, 0.1) is 6.42 Å². The predicted octanol–water partition coefficient (Wildman–Crippen LogP) is 1.33. The minimum atomic E-state index is -0.583. The number of amides is 2. The van der Waals surface area contributed by atoms with Gasteiger partial charge in [-0.15, -0.1) is 0 Å². The average molecular weight is 340 g/mol. The van der Waals surface area contributed by atoms with Gasteiger partial charge in [-0.2, -0.15) is 0 Å². The molecule has 0 unspecified atom stereocenters. The zero-order chi connectivity index (χ0) is 17.9. The highest BCUT2D eigenvalue weighted by atomic mass is 16.2. The van der Waals surface area contributed by atoms with Gasteiger partial charge in [-0.25, -0.2) is 9.97 Å². The summed E-state index contributed by atoms with van der Waals surface area (Å²) in [4.78, 5) is 30.8. The van der Waals surface area contributed by atoms with Gasteiger partial charge in [-0.3, -0.25) is 9.59 Å². The summed E-state index contributed by atoms with van der Waals surface area (Å²) in [5.41, 5.74) is 6.46. The topological polar surface area (TPSA) is 110 Å². The number of hydrogen-bond donors (Lipinski definition) is 3. The second kappa shape index (κ2) is 10.0. The fourth-order valence-corrected chi connectivity index (χ4v) is 2.14. The molecule has 0 bridgehead atoms. The van der Waals surface area contributed by atoms with Crippen molar-refractivity contribution in [2.24, 2.45) is 5.73 Å². The number of benzene rings is 1. The molecule has 0 aliphatic rings. The van der Waals surface area contributed by atoms with Gasteiger partial charge >= 0.3 is 0 Å². The molecule has 2 amide bonds. The summed E-state index contributed by atoms with van der Waals surface area (Å²) in [6.07, 6.45) is 5.42. The van der Waals surface area contributed by atoms with E-state index < -0.39 is 5.91 Å². The van der Waals surface area contributed by atoms with Crippen LogP contribution in [0, 0.1) is 6.42 Å². The lowest BCUT2D eigenvalue weighted by atomic mass is 10.1. The Bertz CT molecular complexity index is 691. The van der Waals surface area contributed by atoms with Gasteiger partial charge in [0.25, 0.3) is 5.91 Å². The van der Waals surface area contributed by atoms with E-state index in [9.17, 15) is 9.59 Å². The van der Waals surface area contributed by atoms with Crippen molar-refractivity contribution in [2.45, 2.75) is 19.3 Å². The van der Waals surface area contributed by atoms with E-state index in [0.29, 0.717) is 25.5 Å². The van der Waals surface area contributed by atoms with Crippen molar-refractivity contribution in [1.29, 1.82) is 0 Å². The van der Waals surface area contributed by atoms with Crippen LogP contribution in [0.1, 0.15) is 28.9 Å². The molecule has 7 heteroatoms. The minimum Gasteiger partial charge on any atom is -0.364 e. The molecule has 1 aromatic heterocycles. The third kappa shape index (κ3) is 6.99. The number of anilines is 1. The Morgan fingerprint density at radius 1 is 1.08 bits per heavy atom. The molecule has 2 aromatic rings. The number of primary amides is 1. The number of unbranched alkanes of at least 4 members (excludes halogenated alkanes) is 1. The van der Waals surface area contributed by atoms with E-state index in [1.54, 1.807) is 6.42 Å². The van der Waals surface area contributed by atoms with Gasteiger partial charge in [-0.1, -0.05) is 30.3 Å². The van der Waals surface area contributed by atoms with Gasteiger partial charge in [0.15, 0.2) is 0 Å². The average Bonchev–Trinajstić information content (AvgIpc) is 2.64. The highest BCUT2D eigenvalue weighted by molar-refractivity contribution is 5.90. The largest absolute Gasteiger partial charge is 0.364 e. The maximum atomic E-state index is 11.7. The molecule has 1 radical (unpaired) electrons. The predicted molar refractivity (Wildman–Crippen MR) is 95.7 cm³/mol. The molecule has 0 spiro atoms. The fourth-order valence-electron chi connectivity index (χ4n) is 2.14. The summed E-state index contributed by atoms with van der Waals surface area (Å²) in [6.45, 7) is 1.25. The number of carbonyl (C=O) groups excluding carboxylic acids is 2. The Morgan fingerprint density at radius 3 is 2.60 bits per heavy atom. The fraction of sp³-hybridized carbons (Fsp3) is 0.278. The highest BCUT2D eigenvalue weighted by Gasteiger charge is 2.04. The molecule has 0 atom stereocenters. The molecule has 0 fully saturated rings. The van der Waals surface area contributed by atoms with Gasteiger partial charge in [0.2, 0.25) is 11.9 Å². The lowest BCUT2D eigenvalue weighted by Gasteiger charge is -2.07. The first-order valence-electron chi connectivity index (χ1n) is 8.17. The van der Waals surface area contributed by atoms with Crippen LogP contribution in [0.25, 0.3) is 0 Å². The molecule has 25 heavy (non-hydrogen) atoms. The Morgan fingerprint density at radius 2 is 1.84 bits per heavy atom. The molecule has 0 saturated heterocycles. The highest BCUT2D eigenvalue weighted by Crippen LogP contribution is 2.02. The van der Waals surface area contributed by atoms with Crippen LogP contribution < -0.4 is 16.4 Å². The van der Waals surface area contributed by atoms with Gasteiger partial charge in [0.1, 0.15) is 5.69 Å². The van der Waals surface area contributed by atoms with E-state index in [4.69, 9.17) is 5.73 Å². The van der Waals surface area contributed by atoms with Crippen molar-refractivity contribution in [2.75, 3.05) is 18.4 Å². The molecular weight excluding hydrogens is 318 g/mol. The van der Waals surface area contributed by atoms with Crippen LogP contribution in [0.15, 0.2) is 42.6 Å². The quantitative estimate of drug-likeness (QED) is 0.565. The summed E-state index contributed by atoms with van der Waals surface area (Å²) in [5.74, 6) is -0.272. The van der Waals surface area contributed by atoms with Crippen molar-refractivity contribution in [3.63, 3.8) is 0 Å². The zero-order valence-electron chi connectivity index (χ0n) is 13.9. The Balaban J connectivity index is 1.55. The van der Waals surface area contributed by atoms with Crippen molar-refractivity contribution in [1.82, 2.24) is 15.3 Å². The third-order valence-corrected chi connectivity index (χ3v) is 3.46. The molecule has 131 valence electrons. The Hall–Kier alpha value is -2.96. The van der Waals surface area contributed by atoms with Crippen molar-refractivity contribution in [3.8, 4) is 0 Å². The van der Waals surface area contributed by atoms with Crippen molar-refractivity contribution < 1.29 is 9.59 Å². The molecule has 0 saturated carbocycles. The van der Waals surface area contributed by atoms with Crippen LogP contribution in [0.5, 0.6) is 0 Å². The van der Waals surface area contributed by atoms with E-state index in [0.717, 1.165) is 18.4 Å². The van der Waals surface area contributed by atoms with E-state index in [1.165, 1.54) is 12.3 Å². The first-order valence-corrected chi connectivity index (χ1v) is 8.17. The maximum Gasteiger partial charge on any atom is 0.267 e. The van der Waals surface area contributed by atoms with Gasteiger partial charge in [-0.05, 0) is 30.9 Å². The van der Waals surface area contributed by atoms with Crippen LogP contribution in [0.2, 0.25) is 0 Å². The number of nitrogens with two attached hydrogens (primary N) is 1. The zero-order valence-corrected chi connectivity index (χ0v) is 13.9. The summed E-state index contributed by atoms with van der Waals surface area (Å²) in [5, 5.41) is 5.89. The van der Waals surface area contributed by atoms with E-state index in [2.05, 4.69) is 20.6 Å². The maximum absolute atomic E-state index is 11.7. The molecule has 4 N–H and O–H groups in total. The summed E-state index contributed by atoms with van der Waals surface area (Å²) >= 11 is 0. The third-order valence-electron chi connectivity index (χ3n) is 3.46. The second-order valence-corrected chi connectivity index (χ2v) is 5.45. The Kier molecular flexibility index (Phi) is 7.37. The number of rotatable bonds is 10. The van der Waals surface area contributed by atoms with Crippen LogP contribution in [0.4, 0.5) is 5.95 Å². The number of aromatic nitrogens is 2. The summed E-state index contributed by atoms with van der Waals surface area (Å²) in [7, 11) is 0. The minimum absolute atomic E-state index is 0.0608. The second-order valence-electron chi connectivity index (χ2n) is 5.45. The molecule has 0 aliphatic heterocycles.